The Balaban J connectivity index is 0.00000168. The van der Waals surface area contributed by atoms with Crippen molar-refractivity contribution in [3.63, 3.8) is 0 Å². The Labute approximate surface area is 165 Å². The van der Waals surface area contributed by atoms with Gasteiger partial charge in [-0.2, -0.15) is 0 Å². The molecule has 0 saturated carbocycles. The molecule has 2 aromatic heterocycles. The van der Waals surface area contributed by atoms with E-state index in [1.54, 1.807) is 0 Å². The van der Waals surface area contributed by atoms with Crippen LogP contribution < -0.4 is 0 Å². The maximum absolute atomic E-state index is 4.46. The summed E-state index contributed by atoms with van der Waals surface area (Å²) in [6.45, 7) is 0. The summed E-state index contributed by atoms with van der Waals surface area (Å²) in [7, 11) is 0. The van der Waals surface area contributed by atoms with Gasteiger partial charge in [-0.1, -0.05) is 53.9 Å². The first-order chi connectivity index (χ1) is 12.4. The molecule has 3 heteroatoms. The fraction of sp³-hybridized carbons (Fsp3) is 0. The molecule has 2 nitrogen and oxygen atoms in total. The molecular weight excluding hydrogens is 496 g/mol. The van der Waals surface area contributed by atoms with Crippen LogP contribution in [0, 0.1) is 6.07 Å². The smallest absolute Gasteiger partial charge is 0.0436 e. The molecule has 0 spiro atoms. The van der Waals surface area contributed by atoms with Crippen molar-refractivity contribution >= 4 is 21.8 Å². The second-order valence-corrected chi connectivity index (χ2v) is 6.05. The molecule has 2 heterocycles. The minimum atomic E-state index is 0. The number of hydrogen-bond donors (Lipinski definition) is 0. The Hall–Kier alpha value is -2.74. The maximum Gasteiger partial charge on any atom is 0.0436 e. The minimum Gasteiger partial charge on any atom is -0.351 e. The van der Waals surface area contributed by atoms with Gasteiger partial charge in [0, 0.05) is 37.5 Å². The van der Waals surface area contributed by atoms with E-state index in [4.69, 9.17) is 0 Å². The van der Waals surface area contributed by atoms with Crippen LogP contribution in [0.1, 0.15) is 0 Å². The van der Waals surface area contributed by atoms with Crippen molar-refractivity contribution in [3.05, 3.63) is 97.2 Å². The molecule has 0 amide bonds. The van der Waals surface area contributed by atoms with E-state index < -0.39 is 0 Å². The van der Waals surface area contributed by atoms with Crippen LogP contribution in [0.25, 0.3) is 38.8 Å². The van der Waals surface area contributed by atoms with Crippen molar-refractivity contribution in [1.29, 1.82) is 0 Å². The Morgan fingerprint density at radius 3 is 2.31 bits per heavy atom. The second kappa shape index (κ2) is 6.87. The van der Waals surface area contributed by atoms with Crippen LogP contribution in [0.2, 0.25) is 0 Å². The first-order valence-electron chi connectivity index (χ1n) is 8.33. The summed E-state index contributed by atoms with van der Waals surface area (Å²) in [5.74, 6) is 0. The summed E-state index contributed by atoms with van der Waals surface area (Å²) in [6.07, 6.45) is 1.82. The molecule has 1 radical (unpaired) electrons. The molecule has 26 heavy (non-hydrogen) atoms. The van der Waals surface area contributed by atoms with Gasteiger partial charge in [0.05, 0.1) is 0 Å². The SMILES string of the molecule is [Ir].[c-]1cc2c(cc1-c1ccccn1)c1ccccc1n2-c1ccccc1. The molecule has 3 aromatic carbocycles. The van der Waals surface area contributed by atoms with Gasteiger partial charge in [-0.05, 0) is 40.9 Å². The van der Waals surface area contributed by atoms with Crippen LogP contribution in [0.5, 0.6) is 0 Å². The molecular formula is C23H15IrN2-. The zero-order chi connectivity index (χ0) is 16.6. The van der Waals surface area contributed by atoms with Crippen LogP contribution in [-0.2, 0) is 20.1 Å². The van der Waals surface area contributed by atoms with Gasteiger partial charge in [-0.25, -0.2) is 0 Å². The summed E-state index contributed by atoms with van der Waals surface area (Å²) in [5.41, 5.74) is 5.49. The van der Waals surface area contributed by atoms with Crippen LogP contribution in [0.3, 0.4) is 0 Å². The molecule has 0 unspecified atom stereocenters. The summed E-state index contributed by atoms with van der Waals surface area (Å²) in [6, 6.07) is 32.6. The molecule has 0 saturated heterocycles. The minimum absolute atomic E-state index is 0. The van der Waals surface area contributed by atoms with Gasteiger partial charge in [0.2, 0.25) is 0 Å². The van der Waals surface area contributed by atoms with E-state index >= 15 is 0 Å². The summed E-state index contributed by atoms with van der Waals surface area (Å²) < 4.78 is 2.30. The molecule has 0 aliphatic carbocycles. The Morgan fingerprint density at radius 1 is 0.731 bits per heavy atom. The predicted molar refractivity (Wildman–Crippen MR) is 103 cm³/mol. The van der Waals surface area contributed by atoms with Crippen molar-refractivity contribution in [2.75, 3.05) is 0 Å². The zero-order valence-electron chi connectivity index (χ0n) is 13.9. The number of rotatable bonds is 2. The fourth-order valence-corrected chi connectivity index (χ4v) is 3.44. The van der Waals surface area contributed by atoms with E-state index in [-0.39, 0.29) is 20.1 Å². The normalized spacial score (nSPS) is 10.8. The summed E-state index contributed by atoms with van der Waals surface area (Å²) >= 11 is 0. The number of aromatic nitrogens is 2. The van der Waals surface area contributed by atoms with Gasteiger partial charge in [-0.15, -0.1) is 23.8 Å². The molecule has 5 rings (SSSR count). The van der Waals surface area contributed by atoms with Gasteiger partial charge in [0.15, 0.2) is 0 Å². The maximum atomic E-state index is 4.46. The number of fused-ring (bicyclic) bond motifs is 3. The molecule has 0 atom stereocenters. The predicted octanol–water partition coefficient (Wildman–Crippen LogP) is 5.64. The van der Waals surface area contributed by atoms with Crippen molar-refractivity contribution < 1.29 is 20.1 Å². The Morgan fingerprint density at radius 2 is 1.50 bits per heavy atom. The summed E-state index contributed by atoms with van der Waals surface area (Å²) in [4.78, 5) is 4.46. The van der Waals surface area contributed by atoms with Crippen molar-refractivity contribution in [2.45, 2.75) is 0 Å². The number of para-hydroxylation sites is 2. The number of benzene rings is 3. The van der Waals surface area contributed by atoms with Crippen LogP contribution in [0.15, 0.2) is 91.1 Å². The zero-order valence-corrected chi connectivity index (χ0v) is 16.3. The topological polar surface area (TPSA) is 17.8 Å². The van der Waals surface area contributed by atoms with Crippen LogP contribution in [-0.4, -0.2) is 9.55 Å². The van der Waals surface area contributed by atoms with Gasteiger partial charge < -0.3 is 9.55 Å². The summed E-state index contributed by atoms with van der Waals surface area (Å²) in [5, 5.41) is 2.46. The Kier molecular flexibility index (Phi) is 4.42. The first kappa shape index (κ1) is 16.7. The van der Waals surface area contributed by atoms with Crippen molar-refractivity contribution in [2.24, 2.45) is 0 Å². The van der Waals surface area contributed by atoms with Crippen molar-refractivity contribution in [3.8, 4) is 16.9 Å². The molecule has 0 fully saturated rings. The third kappa shape index (κ3) is 2.66. The van der Waals surface area contributed by atoms with Gasteiger partial charge in [0.25, 0.3) is 0 Å². The molecule has 0 aliphatic heterocycles. The monoisotopic (exact) mass is 512 g/mol. The number of pyridine rings is 1. The molecule has 0 aliphatic rings. The third-order valence-corrected chi connectivity index (χ3v) is 4.56. The number of hydrogen-bond acceptors (Lipinski definition) is 1. The van der Waals surface area contributed by atoms with E-state index in [1.807, 2.05) is 30.5 Å². The van der Waals surface area contributed by atoms with Crippen LogP contribution in [0.4, 0.5) is 0 Å². The number of nitrogens with zero attached hydrogens (tertiary/aromatic N) is 2. The fourth-order valence-electron chi connectivity index (χ4n) is 3.44. The average Bonchev–Trinajstić information content (AvgIpc) is 3.03. The van der Waals surface area contributed by atoms with Gasteiger partial charge >= 0.3 is 0 Å². The largest absolute Gasteiger partial charge is 0.351 e. The van der Waals surface area contributed by atoms with E-state index in [0.29, 0.717) is 0 Å². The quantitative estimate of drug-likeness (QED) is 0.281. The van der Waals surface area contributed by atoms with Gasteiger partial charge in [0.1, 0.15) is 0 Å². The van der Waals surface area contributed by atoms with E-state index in [0.717, 1.165) is 22.5 Å². The molecule has 5 aromatic rings. The average molecular weight is 512 g/mol. The van der Waals surface area contributed by atoms with E-state index in [1.165, 1.54) is 16.3 Å². The second-order valence-electron chi connectivity index (χ2n) is 6.05. The van der Waals surface area contributed by atoms with Crippen molar-refractivity contribution in [1.82, 2.24) is 9.55 Å². The third-order valence-electron chi connectivity index (χ3n) is 4.56. The van der Waals surface area contributed by atoms with Gasteiger partial charge in [-0.3, -0.25) is 0 Å². The first-order valence-corrected chi connectivity index (χ1v) is 8.33. The van der Waals surface area contributed by atoms with E-state index in [2.05, 4.69) is 76.3 Å². The standard InChI is InChI=1S/C23H15N2.Ir/c1-2-8-18(9-3-1)25-22-12-5-4-10-19(22)20-16-17(13-14-23(20)25)21-11-6-7-15-24-21;/h1-12,14-16H;/q-1;. The molecule has 0 N–H and O–H groups in total. The van der Waals surface area contributed by atoms with E-state index in [9.17, 15) is 0 Å². The Bertz CT molecular complexity index is 1180. The van der Waals surface area contributed by atoms with Crippen LogP contribution >= 0.6 is 0 Å². The molecule has 127 valence electrons. The molecule has 0 bridgehead atoms.